The zero-order chi connectivity index (χ0) is 21.1. The zero-order valence-corrected chi connectivity index (χ0v) is 15.4. The third kappa shape index (κ3) is 4.42. The Bertz CT molecular complexity index is 871. The maximum atomic E-state index is 13.7. The highest BCUT2D eigenvalue weighted by atomic mass is 19.2. The van der Waals surface area contributed by atoms with Gasteiger partial charge in [0.1, 0.15) is 11.4 Å². The van der Waals surface area contributed by atoms with E-state index in [9.17, 15) is 26.7 Å². The topological polar surface area (TPSA) is 44.8 Å². The van der Waals surface area contributed by atoms with Crippen molar-refractivity contribution in [2.24, 2.45) is 0 Å². The quantitative estimate of drug-likeness (QED) is 0.463. The minimum Gasteiger partial charge on any atom is -0.497 e. The highest BCUT2D eigenvalue weighted by Crippen LogP contribution is 2.27. The summed E-state index contributed by atoms with van der Waals surface area (Å²) in [5.74, 6) is -10.8. The second-order valence-electron chi connectivity index (χ2n) is 6.45. The Balaban J connectivity index is 1.58. The molecular weight excluding hydrogens is 397 g/mol. The van der Waals surface area contributed by atoms with Gasteiger partial charge in [0, 0.05) is 31.9 Å². The molecule has 0 atom stereocenters. The molecule has 156 valence electrons. The lowest BCUT2D eigenvalue weighted by atomic mass is 10.2. The number of ether oxygens (including phenoxy) is 1. The Morgan fingerprint density at radius 1 is 0.897 bits per heavy atom. The smallest absolute Gasteiger partial charge is 0.238 e. The van der Waals surface area contributed by atoms with Crippen molar-refractivity contribution in [2.75, 3.05) is 50.1 Å². The summed E-state index contributed by atoms with van der Waals surface area (Å²) < 4.78 is 72.0. The summed E-state index contributed by atoms with van der Waals surface area (Å²) in [5, 5.41) is 1.79. The van der Waals surface area contributed by atoms with Crippen LogP contribution in [0.5, 0.6) is 5.75 Å². The molecule has 0 unspecified atom stereocenters. The van der Waals surface area contributed by atoms with Crippen molar-refractivity contribution < 1.29 is 31.5 Å². The summed E-state index contributed by atoms with van der Waals surface area (Å²) in [6, 6.07) is 7.48. The second kappa shape index (κ2) is 8.64. The van der Waals surface area contributed by atoms with E-state index in [0.29, 0.717) is 26.2 Å². The van der Waals surface area contributed by atoms with E-state index in [-0.39, 0.29) is 6.54 Å². The summed E-state index contributed by atoms with van der Waals surface area (Å²) in [7, 11) is 1.57. The van der Waals surface area contributed by atoms with Crippen LogP contribution in [-0.4, -0.2) is 50.6 Å². The molecule has 1 N–H and O–H groups in total. The molecule has 1 heterocycles. The van der Waals surface area contributed by atoms with E-state index in [4.69, 9.17) is 4.74 Å². The lowest BCUT2D eigenvalue weighted by Crippen LogP contribution is -2.48. The van der Waals surface area contributed by atoms with Crippen molar-refractivity contribution in [1.29, 1.82) is 0 Å². The average molecular weight is 415 g/mol. The van der Waals surface area contributed by atoms with E-state index in [0.717, 1.165) is 11.4 Å². The fraction of sp³-hybridized carbons (Fsp3) is 0.316. The summed E-state index contributed by atoms with van der Waals surface area (Å²) in [6.07, 6.45) is 0. The summed E-state index contributed by atoms with van der Waals surface area (Å²) in [4.78, 5) is 15.9. The van der Waals surface area contributed by atoms with E-state index in [1.165, 1.54) is 0 Å². The summed E-state index contributed by atoms with van der Waals surface area (Å²) >= 11 is 0. The highest BCUT2D eigenvalue weighted by Gasteiger charge is 2.27. The molecule has 2 aromatic rings. The van der Waals surface area contributed by atoms with E-state index in [2.05, 4.69) is 4.90 Å². The van der Waals surface area contributed by atoms with Crippen molar-refractivity contribution in [3.8, 4) is 5.75 Å². The first-order valence-electron chi connectivity index (χ1n) is 8.74. The van der Waals surface area contributed by atoms with Gasteiger partial charge >= 0.3 is 0 Å². The largest absolute Gasteiger partial charge is 0.497 e. The van der Waals surface area contributed by atoms with Gasteiger partial charge in [0.05, 0.1) is 13.7 Å². The van der Waals surface area contributed by atoms with Gasteiger partial charge in [0.15, 0.2) is 23.3 Å². The molecule has 0 saturated carbocycles. The molecule has 2 aromatic carbocycles. The van der Waals surface area contributed by atoms with Gasteiger partial charge < -0.3 is 15.0 Å². The van der Waals surface area contributed by atoms with Gasteiger partial charge in [0.25, 0.3) is 0 Å². The van der Waals surface area contributed by atoms with Crippen LogP contribution in [0.25, 0.3) is 0 Å². The molecule has 0 radical (unpaired) electrons. The number of methoxy groups -OCH3 is 1. The lowest BCUT2D eigenvalue weighted by molar-refractivity contribution is -0.117. The number of anilines is 2. The Labute approximate surface area is 163 Å². The predicted molar refractivity (Wildman–Crippen MR) is 96.5 cm³/mol. The van der Waals surface area contributed by atoms with E-state index >= 15 is 0 Å². The van der Waals surface area contributed by atoms with Crippen molar-refractivity contribution in [2.45, 2.75) is 0 Å². The standard InChI is InChI=1S/C19H18F5N3O2/c1-29-12-4-2-11(3-5-12)27-8-6-26(7-9-27)10-13(28)25-19-17(23)15(21)14(20)16(22)18(19)24/h2-5H,6-10H2,1H3,(H,25,28). The number of hydrogen-bond acceptors (Lipinski definition) is 4. The van der Waals surface area contributed by atoms with Crippen LogP contribution in [0, 0.1) is 29.1 Å². The molecular formula is C19H18F5N3O2. The second-order valence-corrected chi connectivity index (χ2v) is 6.45. The minimum atomic E-state index is -2.27. The molecule has 29 heavy (non-hydrogen) atoms. The molecule has 1 amide bonds. The summed E-state index contributed by atoms with van der Waals surface area (Å²) in [6.45, 7) is 1.92. The van der Waals surface area contributed by atoms with E-state index in [1.807, 2.05) is 24.3 Å². The Kier molecular flexibility index (Phi) is 6.21. The number of rotatable bonds is 5. The van der Waals surface area contributed by atoms with Crippen molar-refractivity contribution >= 4 is 17.3 Å². The molecule has 0 bridgehead atoms. The average Bonchev–Trinajstić information content (AvgIpc) is 2.74. The Morgan fingerprint density at radius 3 is 1.93 bits per heavy atom. The van der Waals surface area contributed by atoms with Gasteiger partial charge in [-0.25, -0.2) is 22.0 Å². The molecule has 0 aromatic heterocycles. The zero-order valence-electron chi connectivity index (χ0n) is 15.4. The van der Waals surface area contributed by atoms with Gasteiger partial charge in [-0.05, 0) is 24.3 Å². The number of carbonyl (C=O) groups is 1. The molecule has 5 nitrogen and oxygen atoms in total. The summed E-state index contributed by atoms with van der Waals surface area (Å²) in [5.41, 5.74) is -0.362. The number of carbonyl (C=O) groups excluding carboxylic acids is 1. The number of benzene rings is 2. The Morgan fingerprint density at radius 2 is 1.41 bits per heavy atom. The molecule has 10 heteroatoms. The van der Waals surface area contributed by atoms with Gasteiger partial charge in [-0.2, -0.15) is 0 Å². The molecule has 1 aliphatic rings. The van der Waals surface area contributed by atoms with Gasteiger partial charge in [-0.3, -0.25) is 9.69 Å². The highest BCUT2D eigenvalue weighted by molar-refractivity contribution is 5.92. The monoisotopic (exact) mass is 415 g/mol. The fourth-order valence-electron chi connectivity index (χ4n) is 3.05. The first kappa shape index (κ1) is 20.8. The predicted octanol–water partition coefficient (Wildman–Crippen LogP) is 3.15. The van der Waals surface area contributed by atoms with E-state index in [1.54, 1.807) is 17.3 Å². The normalized spacial score (nSPS) is 14.8. The molecule has 1 fully saturated rings. The van der Waals surface area contributed by atoms with Crippen LogP contribution < -0.4 is 15.0 Å². The molecule has 0 spiro atoms. The first-order valence-corrected chi connectivity index (χ1v) is 8.74. The van der Waals surface area contributed by atoms with Crippen LogP contribution >= 0.6 is 0 Å². The molecule has 3 rings (SSSR count). The maximum Gasteiger partial charge on any atom is 0.238 e. The van der Waals surface area contributed by atoms with Crippen molar-refractivity contribution in [3.63, 3.8) is 0 Å². The number of nitrogens with one attached hydrogen (secondary N) is 1. The SMILES string of the molecule is COc1ccc(N2CCN(CC(=O)Nc3c(F)c(F)c(F)c(F)c3F)CC2)cc1. The van der Waals surface area contributed by atoms with Crippen LogP contribution in [0.2, 0.25) is 0 Å². The number of piperazine rings is 1. The van der Waals surface area contributed by atoms with Crippen LogP contribution in [0.4, 0.5) is 33.3 Å². The van der Waals surface area contributed by atoms with Crippen molar-refractivity contribution in [3.05, 3.63) is 53.4 Å². The third-order valence-corrected chi connectivity index (χ3v) is 4.65. The minimum absolute atomic E-state index is 0.240. The van der Waals surface area contributed by atoms with Gasteiger partial charge in [0.2, 0.25) is 11.7 Å². The number of hydrogen-bond donors (Lipinski definition) is 1. The van der Waals surface area contributed by atoms with Crippen molar-refractivity contribution in [1.82, 2.24) is 4.90 Å². The van der Waals surface area contributed by atoms with Crippen LogP contribution in [0.1, 0.15) is 0 Å². The maximum absolute atomic E-state index is 13.7. The molecule has 0 aliphatic carbocycles. The Hall–Kier alpha value is -2.88. The van der Waals surface area contributed by atoms with Crippen LogP contribution in [0.3, 0.4) is 0 Å². The fourth-order valence-corrected chi connectivity index (χ4v) is 3.05. The van der Waals surface area contributed by atoms with Crippen LogP contribution in [-0.2, 0) is 4.79 Å². The molecule has 1 saturated heterocycles. The van der Waals surface area contributed by atoms with Crippen LogP contribution in [0.15, 0.2) is 24.3 Å². The first-order chi connectivity index (χ1) is 13.8. The number of amides is 1. The number of nitrogens with zero attached hydrogens (tertiary/aromatic N) is 2. The third-order valence-electron chi connectivity index (χ3n) is 4.65. The van der Waals surface area contributed by atoms with Gasteiger partial charge in [-0.15, -0.1) is 0 Å². The number of halogens is 5. The van der Waals surface area contributed by atoms with E-state index < -0.39 is 40.7 Å². The molecule has 1 aliphatic heterocycles. The van der Waals surface area contributed by atoms with Gasteiger partial charge in [-0.1, -0.05) is 0 Å². The lowest BCUT2D eigenvalue weighted by Gasteiger charge is -2.35.